The largest absolute Gasteiger partial charge is 0.478 e. The Morgan fingerprint density at radius 3 is 2.42 bits per heavy atom. The summed E-state index contributed by atoms with van der Waals surface area (Å²) in [7, 11) is 0. The van der Waals surface area contributed by atoms with Gasteiger partial charge in [0.15, 0.2) is 0 Å². The number of carbonyl (C=O) groups is 1. The molecular formula is C16H19FO2. The highest BCUT2D eigenvalue weighted by atomic mass is 19.1. The van der Waals surface area contributed by atoms with E-state index in [9.17, 15) is 9.18 Å². The Hall–Kier alpha value is -1.64. The third-order valence-corrected chi connectivity index (χ3v) is 3.92. The van der Waals surface area contributed by atoms with Crippen molar-refractivity contribution in [1.29, 1.82) is 0 Å². The molecule has 3 heteroatoms. The summed E-state index contributed by atoms with van der Waals surface area (Å²) in [5, 5.41) is 8.54. The minimum absolute atomic E-state index is 0.184. The number of halogens is 1. The summed E-state index contributed by atoms with van der Waals surface area (Å²) in [6.45, 7) is 0. The summed E-state index contributed by atoms with van der Waals surface area (Å²) in [5.74, 6) is 0.0591. The minimum Gasteiger partial charge on any atom is -0.478 e. The summed E-state index contributed by atoms with van der Waals surface area (Å²) >= 11 is 0. The highest BCUT2D eigenvalue weighted by Crippen LogP contribution is 2.37. The number of carboxylic acids is 1. The van der Waals surface area contributed by atoms with Gasteiger partial charge in [-0.3, -0.25) is 0 Å². The van der Waals surface area contributed by atoms with E-state index in [1.54, 1.807) is 6.08 Å². The van der Waals surface area contributed by atoms with E-state index in [0.717, 1.165) is 32.1 Å². The number of hydrogen-bond acceptors (Lipinski definition) is 1. The zero-order chi connectivity index (χ0) is 13.7. The van der Waals surface area contributed by atoms with E-state index < -0.39 is 5.97 Å². The highest BCUT2D eigenvalue weighted by Gasteiger charge is 2.21. The van der Waals surface area contributed by atoms with Gasteiger partial charge in [-0.05, 0) is 61.6 Å². The lowest BCUT2D eigenvalue weighted by Gasteiger charge is -2.28. The maximum atomic E-state index is 12.9. The van der Waals surface area contributed by atoms with E-state index in [4.69, 9.17) is 5.11 Å². The van der Waals surface area contributed by atoms with E-state index in [1.165, 1.54) is 23.8 Å². The average molecular weight is 262 g/mol. The first kappa shape index (κ1) is 13.8. The number of rotatable bonds is 4. The molecule has 0 saturated heterocycles. The molecule has 2 nitrogen and oxygen atoms in total. The summed E-state index contributed by atoms with van der Waals surface area (Å²) in [6, 6.07) is 6.81. The van der Waals surface area contributed by atoms with Gasteiger partial charge in [-0.15, -0.1) is 0 Å². The van der Waals surface area contributed by atoms with Crippen LogP contribution < -0.4 is 0 Å². The molecule has 2 rings (SSSR count). The second-order valence-electron chi connectivity index (χ2n) is 5.25. The molecule has 1 aromatic rings. The SMILES string of the molecule is O=C(O)/C=C/C[C@H]1CC[C@H](c2ccc(F)cc2)CC1. The van der Waals surface area contributed by atoms with Crippen LogP contribution in [0, 0.1) is 11.7 Å². The Bertz CT molecular complexity index is 442. The van der Waals surface area contributed by atoms with Crippen LogP contribution in [0.15, 0.2) is 36.4 Å². The molecule has 0 spiro atoms. The topological polar surface area (TPSA) is 37.3 Å². The third-order valence-electron chi connectivity index (χ3n) is 3.92. The van der Waals surface area contributed by atoms with Crippen molar-refractivity contribution in [2.45, 2.75) is 38.0 Å². The van der Waals surface area contributed by atoms with Crippen molar-refractivity contribution in [3.05, 3.63) is 47.8 Å². The number of aliphatic carboxylic acids is 1. The van der Waals surface area contributed by atoms with Gasteiger partial charge in [0.05, 0.1) is 0 Å². The standard InChI is InChI=1S/C16H19FO2/c17-15-10-8-14(9-11-15)13-6-4-12(5-7-13)2-1-3-16(18)19/h1,3,8-13H,2,4-7H2,(H,18,19)/b3-1+/t12-,13-. The van der Waals surface area contributed by atoms with Gasteiger partial charge >= 0.3 is 5.97 Å². The molecule has 1 aromatic carbocycles. The van der Waals surface area contributed by atoms with Gasteiger partial charge < -0.3 is 5.11 Å². The molecule has 0 radical (unpaired) electrons. The van der Waals surface area contributed by atoms with Crippen LogP contribution in [-0.2, 0) is 4.79 Å². The predicted molar refractivity (Wildman–Crippen MR) is 72.5 cm³/mol. The first-order valence-corrected chi connectivity index (χ1v) is 6.80. The van der Waals surface area contributed by atoms with Crippen molar-refractivity contribution in [2.24, 2.45) is 5.92 Å². The fourth-order valence-electron chi connectivity index (χ4n) is 2.83. The van der Waals surface area contributed by atoms with Crippen LogP contribution in [-0.4, -0.2) is 11.1 Å². The Kier molecular flexibility index (Phi) is 4.72. The zero-order valence-electron chi connectivity index (χ0n) is 10.9. The van der Waals surface area contributed by atoms with Gasteiger partial charge in [0.2, 0.25) is 0 Å². The van der Waals surface area contributed by atoms with Crippen molar-refractivity contribution >= 4 is 5.97 Å². The molecule has 0 atom stereocenters. The maximum absolute atomic E-state index is 12.9. The number of allylic oxidation sites excluding steroid dienone is 1. The fourth-order valence-corrected chi connectivity index (χ4v) is 2.83. The van der Waals surface area contributed by atoms with Crippen LogP contribution in [0.25, 0.3) is 0 Å². The van der Waals surface area contributed by atoms with Crippen LogP contribution in [0.3, 0.4) is 0 Å². The first-order valence-electron chi connectivity index (χ1n) is 6.80. The Labute approximate surface area is 113 Å². The molecule has 0 aromatic heterocycles. The Morgan fingerprint density at radius 2 is 1.84 bits per heavy atom. The van der Waals surface area contributed by atoms with E-state index in [-0.39, 0.29) is 5.82 Å². The van der Waals surface area contributed by atoms with E-state index >= 15 is 0 Å². The minimum atomic E-state index is -0.875. The average Bonchev–Trinajstić information content (AvgIpc) is 2.40. The molecule has 102 valence electrons. The van der Waals surface area contributed by atoms with Crippen LogP contribution in [0.5, 0.6) is 0 Å². The predicted octanol–water partition coefficient (Wildman–Crippen LogP) is 4.13. The van der Waals surface area contributed by atoms with Crippen molar-refractivity contribution in [2.75, 3.05) is 0 Å². The smallest absolute Gasteiger partial charge is 0.327 e. The van der Waals surface area contributed by atoms with Gasteiger partial charge in [-0.2, -0.15) is 0 Å². The van der Waals surface area contributed by atoms with Gasteiger partial charge in [-0.25, -0.2) is 9.18 Å². The normalized spacial score (nSPS) is 23.6. The number of hydrogen-bond donors (Lipinski definition) is 1. The zero-order valence-corrected chi connectivity index (χ0v) is 10.9. The van der Waals surface area contributed by atoms with Gasteiger partial charge in [0.1, 0.15) is 5.82 Å². The summed E-state index contributed by atoms with van der Waals surface area (Å²) < 4.78 is 12.9. The molecule has 1 N–H and O–H groups in total. The number of carboxylic acid groups (broad SMARTS) is 1. The van der Waals surface area contributed by atoms with Crippen LogP contribution in [0.4, 0.5) is 4.39 Å². The lowest BCUT2D eigenvalue weighted by atomic mass is 9.77. The first-order chi connectivity index (χ1) is 9.15. The molecule has 1 aliphatic carbocycles. The van der Waals surface area contributed by atoms with Crippen LogP contribution in [0.1, 0.15) is 43.6 Å². The van der Waals surface area contributed by atoms with Gasteiger partial charge in [-0.1, -0.05) is 18.2 Å². The van der Waals surface area contributed by atoms with E-state index in [1.807, 2.05) is 12.1 Å². The van der Waals surface area contributed by atoms with Crippen LogP contribution >= 0.6 is 0 Å². The highest BCUT2D eigenvalue weighted by molar-refractivity contribution is 5.79. The van der Waals surface area contributed by atoms with Crippen molar-refractivity contribution in [1.82, 2.24) is 0 Å². The van der Waals surface area contributed by atoms with Crippen molar-refractivity contribution < 1.29 is 14.3 Å². The molecule has 1 fully saturated rings. The van der Waals surface area contributed by atoms with Gasteiger partial charge in [0, 0.05) is 6.08 Å². The molecule has 0 heterocycles. The summed E-state index contributed by atoms with van der Waals surface area (Å²) in [5.41, 5.74) is 1.22. The lowest BCUT2D eigenvalue weighted by Crippen LogP contribution is -2.13. The molecule has 0 unspecified atom stereocenters. The molecule has 1 aliphatic rings. The summed E-state index contributed by atoms with van der Waals surface area (Å²) in [4.78, 5) is 10.4. The van der Waals surface area contributed by atoms with E-state index in [0.29, 0.717) is 11.8 Å². The van der Waals surface area contributed by atoms with Crippen LogP contribution in [0.2, 0.25) is 0 Å². The van der Waals surface area contributed by atoms with E-state index in [2.05, 4.69) is 0 Å². The lowest BCUT2D eigenvalue weighted by molar-refractivity contribution is -0.131. The second-order valence-corrected chi connectivity index (χ2v) is 5.25. The molecular weight excluding hydrogens is 243 g/mol. The van der Waals surface area contributed by atoms with Crippen molar-refractivity contribution in [3.63, 3.8) is 0 Å². The Morgan fingerprint density at radius 1 is 1.21 bits per heavy atom. The monoisotopic (exact) mass is 262 g/mol. The Balaban J connectivity index is 1.82. The fraction of sp³-hybridized carbons (Fsp3) is 0.438. The second kappa shape index (κ2) is 6.50. The summed E-state index contributed by atoms with van der Waals surface area (Å²) in [6.07, 6.45) is 8.28. The molecule has 0 amide bonds. The molecule has 0 aliphatic heterocycles. The third kappa shape index (κ3) is 4.19. The van der Waals surface area contributed by atoms with Crippen molar-refractivity contribution in [3.8, 4) is 0 Å². The maximum Gasteiger partial charge on any atom is 0.327 e. The number of benzene rings is 1. The molecule has 19 heavy (non-hydrogen) atoms. The van der Waals surface area contributed by atoms with Gasteiger partial charge in [0.25, 0.3) is 0 Å². The quantitative estimate of drug-likeness (QED) is 0.828. The molecule has 1 saturated carbocycles. The molecule has 0 bridgehead atoms.